The molecule has 2 heterocycles. The van der Waals surface area contributed by atoms with Crippen molar-refractivity contribution in [1.29, 1.82) is 0 Å². The SMILES string of the molecule is O=C(O)c1c(Cl)c(CS)nc2c1COCC2. The molecule has 0 bridgehead atoms. The molecule has 0 unspecified atom stereocenters. The lowest BCUT2D eigenvalue weighted by Gasteiger charge is -2.19. The third-order valence-corrected chi connectivity index (χ3v) is 3.19. The van der Waals surface area contributed by atoms with Crippen LogP contribution >= 0.6 is 24.2 Å². The lowest BCUT2D eigenvalue weighted by molar-refractivity contribution is 0.0680. The van der Waals surface area contributed by atoms with Gasteiger partial charge < -0.3 is 9.84 Å². The van der Waals surface area contributed by atoms with E-state index in [1.165, 1.54) is 0 Å². The van der Waals surface area contributed by atoms with Gasteiger partial charge in [-0.3, -0.25) is 4.98 Å². The van der Waals surface area contributed by atoms with E-state index in [-0.39, 0.29) is 17.2 Å². The first-order valence-electron chi connectivity index (χ1n) is 4.77. The first-order valence-corrected chi connectivity index (χ1v) is 5.78. The Bertz CT molecular complexity index is 450. The molecule has 0 saturated heterocycles. The monoisotopic (exact) mass is 259 g/mol. The lowest BCUT2D eigenvalue weighted by atomic mass is 10.0. The molecule has 16 heavy (non-hydrogen) atoms. The molecule has 0 fully saturated rings. The van der Waals surface area contributed by atoms with Crippen molar-refractivity contribution in [1.82, 2.24) is 4.98 Å². The summed E-state index contributed by atoms with van der Waals surface area (Å²) in [5.74, 6) is -0.718. The van der Waals surface area contributed by atoms with Crippen LogP contribution in [0.2, 0.25) is 5.02 Å². The van der Waals surface area contributed by atoms with Gasteiger partial charge in [-0.05, 0) is 0 Å². The van der Waals surface area contributed by atoms with Crippen LogP contribution in [0.3, 0.4) is 0 Å². The first kappa shape index (κ1) is 11.7. The fourth-order valence-electron chi connectivity index (χ4n) is 1.73. The number of nitrogens with zero attached hydrogens (tertiary/aromatic N) is 1. The topological polar surface area (TPSA) is 59.4 Å². The van der Waals surface area contributed by atoms with Crippen LogP contribution < -0.4 is 0 Å². The maximum absolute atomic E-state index is 11.2. The zero-order chi connectivity index (χ0) is 11.7. The van der Waals surface area contributed by atoms with Crippen LogP contribution in [0.5, 0.6) is 0 Å². The molecule has 4 nitrogen and oxygen atoms in total. The Hall–Kier alpha value is -0.780. The molecular weight excluding hydrogens is 250 g/mol. The molecule has 0 atom stereocenters. The van der Waals surface area contributed by atoms with Crippen LogP contribution in [0.4, 0.5) is 0 Å². The molecule has 0 spiro atoms. The molecule has 86 valence electrons. The van der Waals surface area contributed by atoms with Gasteiger partial charge in [-0.25, -0.2) is 4.79 Å². The van der Waals surface area contributed by atoms with E-state index in [0.29, 0.717) is 30.0 Å². The normalized spacial score (nSPS) is 14.6. The van der Waals surface area contributed by atoms with Gasteiger partial charge in [-0.1, -0.05) is 11.6 Å². The number of carbonyl (C=O) groups is 1. The van der Waals surface area contributed by atoms with Gasteiger partial charge in [0.15, 0.2) is 0 Å². The van der Waals surface area contributed by atoms with Crippen molar-refractivity contribution in [2.75, 3.05) is 6.61 Å². The number of thiol groups is 1. The summed E-state index contributed by atoms with van der Waals surface area (Å²) in [5, 5.41) is 9.32. The van der Waals surface area contributed by atoms with Gasteiger partial charge in [-0.2, -0.15) is 12.6 Å². The number of rotatable bonds is 2. The van der Waals surface area contributed by atoms with Crippen molar-refractivity contribution < 1.29 is 14.6 Å². The number of fused-ring (bicyclic) bond motifs is 1. The van der Waals surface area contributed by atoms with Gasteiger partial charge in [0.25, 0.3) is 0 Å². The van der Waals surface area contributed by atoms with E-state index in [1.54, 1.807) is 0 Å². The number of carboxylic acid groups (broad SMARTS) is 1. The largest absolute Gasteiger partial charge is 0.478 e. The van der Waals surface area contributed by atoms with Gasteiger partial charge in [0.1, 0.15) is 0 Å². The van der Waals surface area contributed by atoms with Gasteiger partial charge in [0, 0.05) is 23.4 Å². The van der Waals surface area contributed by atoms with Crippen LogP contribution in [0.1, 0.15) is 27.3 Å². The summed E-state index contributed by atoms with van der Waals surface area (Å²) in [6.07, 6.45) is 0.619. The van der Waals surface area contributed by atoms with E-state index in [0.717, 1.165) is 5.69 Å². The molecular formula is C10H10ClNO3S. The second kappa shape index (κ2) is 4.61. The van der Waals surface area contributed by atoms with Crippen molar-refractivity contribution in [2.45, 2.75) is 18.8 Å². The highest BCUT2D eigenvalue weighted by Crippen LogP contribution is 2.29. The minimum absolute atomic E-state index is 0.107. The molecule has 1 aliphatic heterocycles. The standard InChI is InChI=1S/C10H10ClNO3S/c11-9-7(4-16)12-6-1-2-15-3-5(6)8(9)10(13)14/h16H,1-4H2,(H,13,14). The number of pyridine rings is 1. The van der Waals surface area contributed by atoms with E-state index in [1.807, 2.05) is 0 Å². The van der Waals surface area contributed by atoms with Crippen molar-refractivity contribution >= 4 is 30.2 Å². The number of halogens is 1. The summed E-state index contributed by atoms with van der Waals surface area (Å²) in [4.78, 5) is 15.5. The first-order chi connectivity index (χ1) is 7.65. The maximum Gasteiger partial charge on any atom is 0.337 e. The summed E-state index contributed by atoms with van der Waals surface area (Å²) in [5.41, 5.74) is 1.98. The van der Waals surface area contributed by atoms with Gasteiger partial charge in [0.05, 0.1) is 29.5 Å². The smallest absolute Gasteiger partial charge is 0.337 e. The molecule has 1 N–H and O–H groups in total. The highest BCUT2D eigenvalue weighted by molar-refractivity contribution is 7.79. The van der Waals surface area contributed by atoms with Gasteiger partial charge in [0.2, 0.25) is 0 Å². The third kappa shape index (κ3) is 1.90. The Balaban J connectivity index is 2.67. The molecule has 6 heteroatoms. The molecule has 0 amide bonds. The number of aromatic nitrogens is 1. The van der Waals surface area contributed by atoms with Crippen molar-refractivity contribution in [3.8, 4) is 0 Å². The van der Waals surface area contributed by atoms with Crippen LogP contribution in [0.25, 0.3) is 0 Å². The van der Waals surface area contributed by atoms with E-state index in [4.69, 9.17) is 21.4 Å². The molecule has 2 rings (SSSR count). The summed E-state index contributed by atoms with van der Waals surface area (Å²) in [7, 11) is 0. The molecule has 0 saturated carbocycles. The molecule has 0 aliphatic carbocycles. The molecule has 1 aromatic heterocycles. The second-order valence-corrected chi connectivity index (χ2v) is 4.13. The highest BCUT2D eigenvalue weighted by Gasteiger charge is 2.24. The average Bonchev–Trinajstić information content (AvgIpc) is 2.27. The number of hydrogen-bond acceptors (Lipinski definition) is 4. The van der Waals surface area contributed by atoms with Crippen LogP contribution in [0, 0.1) is 0 Å². The fraction of sp³-hybridized carbons (Fsp3) is 0.400. The lowest BCUT2D eigenvalue weighted by Crippen LogP contribution is -2.18. The summed E-state index contributed by atoms with van der Waals surface area (Å²) in [6.45, 7) is 0.823. The van der Waals surface area contributed by atoms with Crippen molar-refractivity contribution in [3.05, 3.63) is 27.5 Å². The Labute approximate surface area is 103 Å². The third-order valence-electron chi connectivity index (χ3n) is 2.49. The summed E-state index contributed by atoms with van der Waals surface area (Å²) in [6, 6.07) is 0. The van der Waals surface area contributed by atoms with Gasteiger partial charge in [-0.15, -0.1) is 0 Å². The van der Waals surface area contributed by atoms with Crippen LogP contribution in [-0.2, 0) is 23.5 Å². The number of hydrogen-bond donors (Lipinski definition) is 2. The predicted octanol–water partition coefficient (Wildman–Crippen LogP) is 1.94. The predicted molar refractivity (Wildman–Crippen MR) is 62.3 cm³/mol. The Morgan fingerprint density at radius 3 is 3.00 bits per heavy atom. The van der Waals surface area contributed by atoms with Crippen LogP contribution in [-0.4, -0.2) is 22.7 Å². The Kier molecular flexibility index (Phi) is 3.37. The fourth-order valence-corrected chi connectivity index (χ4v) is 2.36. The van der Waals surface area contributed by atoms with E-state index in [9.17, 15) is 4.79 Å². The number of carboxylic acids is 1. The number of aromatic carboxylic acids is 1. The van der Waals surface area contributed by atoms with Crippen molar-refractivity contribution in [3.63, 3.8) is 0 Å². The molecule has 0 radical (unpaired) electrons. The average molecular weight is 260 g/mol. The maximum atomic E-state index is 11.2. The zero-order valence-electron chi connectivity index (χ0n) is 8.36. The quantitative estimate of drug-likeness (QED) is 0.797. The van der Waals surface area contributed by atoms with E-state index in [2.05, 4.69) is 17.6 Å². The zero-order valence-corrected chi connectivity index (χ0v) is 10.0. The van der Waals surface area contributed by atoms with Crippen LogP contribution in [0.15, 0.2) is 0 Å². The summed E-state index contributed by atoms with van der Waals surface area (Å²) < 4.78 is 5.23. The van der Waals surface area contributed by atoms with E-state index >= 15 is 0 Å². The van der Waals surface area contributed by atoms with E-state index < -0.39 is 5.97 Å². The van der Waals surface area contributed by atoms with Gasteiger partial charge >= 0.3 is 5.97 Å². The highest BCUT2D eigenvalue weighted by atomic mass is 35.5. The second-order valence-electron chi connectivity index (χ2n) is 3.44. The molecule has 1 aromatic rings. The minimum Gasteiger partial charge on any atom is -0.478 e. The van der Waals surface area contributed by atoms with Crippen molar-refractivity contribution in [2.24, 2.45) is 0 Å². The Morgan fingerprint density at radius 1 is 1.62 bits per heavy atom. The summed E-state index contributed by atoms with van der Waals surface area (Å²) >= 11 is 10.1. The Morgan fingerprint density at radius 2 is 2.38 bits per heavy atom. The molecule has 0 aromatic carbocycles. The minimum atomic E-state index is -1.04. The molecule has 1 aliphatic rings. The number of ether oxygens (including phenoxy) is 1.